The first kappa shape index (κ1) is 15.0. The number of benzene rings is 2. The highest BCUT2D eigenvalue weighted by Crippen LogP contribution is 2.17. The number of aryl methyl sites for hydroxylation is 1. The smallest absolute Gasteiger partial charge is 0.266 e. The lowest BCUT2D eigenvalue weighted by Crippen LogP contribution is -2.13. The lowest BCUT2D eigenvalue weighted by atomic mass is 10.1. The molecule has 0 atom stereocenters. The van der Waals surface area contributed by atoms with E-state index in [1.54, 1.807) is 18.2 Å². The average Bonchev–Trinajstić information content (AvgIpc) is 2.44. The van der Waals surface area contributed by atoms with Crippen LogP contribution in [0.4, 0.5) is 5.69 Å². The Hall–Kier alpha value is -2.38. The zero-order chi connectivity index (χ0) is 15.2. The van der Waals surface area contributed by atoms with Crippen molar-refractivity contribution in [2.24, 2.45) is 0 Å². The van der Waals surface area contributed by atoms with Gasteiger partial charge in [-0.25, -0.2) is 0 Å². The number of nitriles is 1. The topological polar surface area (TPSA) is 52.9 Å². The van der Waals surface area contributed by atoms with Gasteiger partial charge >= 0.3 is 0 Å². The van der Waals surface area contributed by atoms with Crippen LogP contribution in [0.5, 0.6) is 0 Å². The number of halogens is 1. The van der Waals surface area contributed by atoms with Crippen LogP contribution in [0, 0.1) is 18.3 Å². The summed E-state index contributed by atoms with van der Waals surface area (Å²) in [7, 11) is 0. The summed E-state index contributed by atoms with van der Waals surface area (Å²) in [6, 6.07) is 16.8. The van der Waals surface area contributed by atoms with Gasteiger partial charge in [-0.1, -0.05) is 51.8 Å². The van der Waals surface area contributed by atoms with Crippen molar-refractivity contribution >= 4 is 33.6 Å². The Labute approximate surface area is 132 Å². The van der Waals surface area contributed by atoms with Crippen LogP contribution in [0.3, 0.4) is 0 Å². The molecule has 0 unspecified atom stereocenters. The summed E-state index contributed by atoms with van der Waals surface area (Å²) in [5.41, 5.74) is 2.62. The summed E-state index contributed by atoms with van der Waals surface area (Å²) in [6.45, 7) is 1.96. The number of nitrogens with one attached hydrogen (secondary N) is 1. The van der Waals surface area contributed by atoms with E-state index in [-0.39, 0.29) is 5.57 Å². The fraction of sp³-hybridized carbons (Fsp3) is 0.0588. The molecule has 0 radical (unpaired) electrons. The van der Waals surface area contributed by atoms with Crippen LogP contribution in [0.2, 0.25) is 0 Å². The molecule has 21 heavy (non-hydrogen) atoms. The van der Waals surface area contributed by atoms with Gasteiger partial charge in [0.1, 0.15) is 11.6 Å². The molecule has 0 heterocycles. The summed E-state index contributed by atoms with van der Waals surface area (Å²) in [4.78, 5) is 12.1. The normalized spacial score (nSPS) is 10.8. The Morgan fingerprint density at radius 2 is 2.00 bits per heavy atom. The Morgan fingerprint density at radius 3 is 2.67 bits per heavy atom. The van der Waals surface area contributed by atoms with Crippen molar-refractivity contribution in [3.05, 3.63) is 69.7 Å². The highest BCUT2D eigenvalue weighted by atomic mass is 79.9. The molecular formula is C17H13BrN2O. The van der Waals surface area contributed by atoms with E-state index < -0.39 is 5.91 Å². The minimum Gasteiger partial charge on any atom is -0.321 e. The molecule has 0 saturated heterocycles. The van der Waals surface area contributed by atoms with Gasteiger partial charge in [-0.05, 0) is 36.8 Å². The summed E-state index contributed by atoms with van der Waals surface area (Å²) in [5, 5.41) is 11.9. The average molecular weight is 341 g/mol. The predicted molar refractivity (Wildman–Crippen MR) is 87.5 cm³/mol. The summed E-state index contributed by atoms with van der Waals surface area (Å²) >= 11 is 3.34. The number of hydrogen-bond acceptors (Lipinski definition) is 2. The third-order valence-electron chi connectivity index (χ3n) is 2.80. The highest BCUT2D eigenvalue weighted by Gasteiger charge is 2.09. The summed E-state index contributed by atoms with van der Waals surface area (Å²) in [6.07, 6.45) is 1.58. The Morgan fingerprint density at radius 1 is 1.24 bits per heavy atom. The van der Waals surface area contributed by atoms with Crippen molar-refractivity contribution in [1.29, 1.82) is 5.26 Å². The molecule has 1 amide bonds. The fourth-order valence-corrected chi connectivity index (χ4v) is 2.24. The van der Waals surface area contributed by atoms with E-state index in [1.165, 1.54) is 0 Å². The van der Waals surface area contributed by atoms with E-state index in [9.17, 15) is 10.1 Å². The third kappa shape index (κ3) is 4.30. The maximum atomic E-state index is 12.1. The molecule has 104 valence electrons. The molecule has 0 aliphatic heterocycles. The molecule has 0 saturated carbocycles. The largest absolute Gasteiger partial charge is 0.321 e. The predicted octanol–water partition coefficient (Wildman–Crippen LogP) is 4.30. The second-order valence-corrected chi connectivity index (χ2v) is 5.46. The summed E-state index contributed by atoms with van der Waals surface area (Å²) < 4.78 is 0.862. The quantitative estimate of drug-likeness (QED) is 0.668. The Balaban J connectivity index is 2.21. The highest BCUT2D eigenvalue weighted by molar-refractivity contribution is 9.10. The van der Waals surface area contributed by atoms with Gasteiger partial charge in [0.2, 0.25) is 0 Å². The van der Waals surface area contributed by atoms with Crippen molar-refractivity contribution in [2.75, 3.05) is 5.32 Å². The summed E-state index contributed by atoms with van der Waals surface area (Å²) in [5.74, 6) is -0.419. The van der Waals surface area contributed by atoms with E-state index in [1.807, 2.05) is 49.4 Å². The number of amides is 1. The molecule has 1 N–H and O–H groups in total. The molecule has 0 aliphatic rings. The van der Waals surface area contributed by atoms with E-state index >= 15 is 0 Å². The Bertz CT molecular complexity index is 744. The fourth-order valence-electron chi connectivity index (χ4n) is 1.84. The molecule has 0 aliphatic carbocycles. The molecule has 0 aromatic heterocycles. The van der Waals surface area contributed by atoms with Crippen LogP contribution in [0.15, 0.2) is 58.6 Å². The van der Waals surface area contributed by atoms with E-state index in [0.29, 0.717) is 5.69 Å². The first-order valence-corrected chi connectivity index (χ1v) is 7.13. The van der Waals surface area contributed by atoms with Crippen molar-refractivity contribution < 1.29 is 4.79 Å². The van der Waals surface area contributed by atoms with Gasteiger partial charge in [-0.15, -0.1) is 0 Å². The van der Waals surface area contributed by atoms with Gasteiger partial charge in [-0.3, -0.25) is 4.79 Å². The third-order valence-corrected chi connectivity index (χ3v) is 3.29. The Kier molecular flexibility index (Phi) is 4.91. The number of hydrogen-bond donors (Lipinski definition) is 1. The first-order chi connectivity index (χ1) is 10.1. The SMILES string of the molecule is Cc1cccc(/C=C(/C#N)C(=O)Nc2cccc(Br)c2)c1. The number of carbonyl (C=O) groups excluding carboxylic acids is 1. The van der Waals surface area contributed by atoms with Gasteiger partial charge in [0.15, 0.2) is 0 Å². The van der Waals surface area contributed by atoms with Gasteiger partial charge in [-0.2, -0.15) is 5.26 Å². The van der Waals surface area contributed by atoms with Gasteiger partial charge in [0, 0.05) is 10.2 Å². The minimum atomic E-state index is -0.419. The molecule has 0 bridgehead atoms. The number of carbonyl (C=O) groups is 1. The van der Waals surface area contributed by atoms with Crippen molar-refractivity contribution in [1.82, 2.24) is 0 Å². The van der Waals surface area contributed by atoms with Gasteiger partial charge in [0.25, 0.3) is 5.91 Å². The monoisotopic (exact) mass is 340 g/mol. The number of nitrogens with zero attached hydrogens (tertiary/aromatic N) is 1. The molecule has 2 aromatic rings. The van der Waals surface area contributed by atoms with Crippen molar-refractivity contribution in [3.8, 4) is 6.07 Å². The molecule has 0 spiro atoms. The lowest BCUT2D eigenvalue weighted by molar-refractivity contribution is -0.112. The van der Waals surface area contributed by atoms with E-state index in [0.717, 1.165) is 15.6 Å². The second-order valence-electron chi connectivity index (χ2n) is 4.55. The van der Waals surface area contributed by atoms with Gasteiger partial charge < -0.3 is 5.32 Å². The molecular weight excluding hydrogens is 328 g/mol. The van der Waals surface area contributed by atoms with E-state index in [2.05, 4.69) is 21.2 Å². The maximum absolute atomic E-state index is 12.1. The zero-order valence-corrected chi connectivity index (χ0v) is 13.0. The second kappa shape index (κ2) is 6.87. The molecule has 4 heteroatoms. The molecule has 0 fully saturated rings. The number of anilines is 1. The maximum Gasteiger partial charge on any atom is 0.266 e. The van der Waals surface area contributed by atoms with Crippen molar-refractivity contribution in [2.45, 2.75) is 6.92 Å². The molecule has 2 aromatic carbocycles. The van der Waals surface area contributed by atoms with Crippen LogP contribution in [0.25, 0.3) is 6.08 Å². The molecule has 3 nitrogen and oxygen atoms in total. The van der Waals surface area contributed by atoms with E-state index in [4.69, 9.17) is 0 Å². The van der Waals surface area contributed by atoms with Crippen LogP contribution < -0.4 is 5.32 Å². The molecule has 2 rings (SSSR count). The standard InChI is InChI=1S/C17H13BrN2O/c1-12-4-2-5-13(8-12)9-14(11-19)17(21)20-16-7-3-6-15(18)10-16/h2-10H,1H3,(H,20,21)/b14-9-. The first-order valence-electron chi connectivity index (χ1n) is 6.34. The number of rotatable bonds is 3. The zero-order valence-electron chi connectivity index (χ0n) is 11.4. The van der Waals surface area contributed by atoms with Crippen LogP contribution in [-0.2, 0) is 4.79 Å². The van der Waals surface area contributed by atoms with Crippen LogP contribution >= 0.6 is 15.9 Å². The van der Waals surface area contributed by atoms with Crippen LogP contribution in [0.1, 0.15) is 11.1 Å². The van der Waals surface area contributed by atoms with Gasteiger partial charge in [0.05, 0.1) is 0 Å². The minimum absolute atomic E-state index is 0.0700. The van der Waals surface area contributed by atoms with Crippen molar-refractivity contribution in [3.63, 3.8) is 0 Å². The van der Waals surface area contributed by atoms with Crippen LogP contribution in [-0.4, -0.2) is 5.91 Å². The lowest BCUT2D eigenvalue weighted by Gasteiger charge is -2.05.